The number of nitrogens with one attached hydrogen (secondary N) is 1. The standard InChI is InChI=1S/C19H14BrN5O/c1-12-9-14(20)10-21-17(12)18(26)23-16-7-8-25-11-15(22-19(25)24-16)13-5-3-2-4-6-13/h2-11H,1H3,(H,22,23,24,26). The minimum atomic E-state index is -0.304. The fourth-order valence-electron chi connectivity index (χ4n) is 2.64. The van der Waals surface area contributed by atoms with Crippen LogP contribution >= 0.6 is 15.9 Å². The first-order valence-corrected chi connectivity index (χ1v) is 8.74. The Kier molecular flexibility index (Phi) is 4.22. The van der Waals surface area contributed by atoms with Crippen LogP contribution in [0.4, 0.5) is 5.82 Å². The van der Waals surface area contributed by atoms with Gasteiger partial charge in [0.2, 0.25) is 5.78 Å². The van der Waals surface area contributed by atoms with E-state index in [0.717, 1.165) is 21.3 Å². The van der Waals surface area contributed by atoms with Crippen molar-refractivity contribution in [3.8, 4) is 11.3 Å². The lowest BCUT2D eigenvalue weighted by atomic mass is 10.2. The molecule has 0 saturated carbocycles. The van der Waals surface area contributed by atoms with E-state index in [2.05, 4.69) is 36.2 Å². The van der Waals surface area contributed by atoms with Crippen LogP contribution in [0.3, 0.4) is 0 Å². The summed E-state index contributed by atoms with van der Waals surface area (Å²) in [6.45, 7) is 1.84. The van der Waals surface area contributed by atoms with Crippen LogP contribution in [0, 0.1) is 6.92 Å². The molecule has 4 aromatic rings. The molecule has 1 N–H and O–H groups in total. The second-order valence-electron chi connectivity index (χ2n) is 5.79. The van der Waals surface area contributed by atoms with Gasteiger partial charge in [-0.3, -0.25) is 9.20 Å². The topological polar surface area (TPSA) is 72.2 Å². The van der Waals surface area contributed by atoms with Crippen LogP contribution in [-0.2, 0) is 0 Å². The van der Waals surface area contributed by atoms with E-state index in [0.29, 0.717) is 17.3 Å². The van der Waals surface area contributed by atoms with Crippen molar-refractivity contribution in [2.75, 3.05) is 5.32 Å². The molecule has 0 fully saturated rings. The van der Waals surface area contributed by atoms with Crippen LogP contribution in [0.5, 0.6) is 0 Å². The number of hydrogen-bond donors (Lipinski definition) is 1. The number of hydrogen-bond acceptors (Lipinski definition) is 4. The number of nitrogens with zero attached hydrogens (tertiary/aromatic N) is 4. The highest BCUT2D eigenvalue weighted by Gasteiger charge is 2.13. The number of aryl methyl sites for hydroxylation is 1. The molecule has 4 rings (SSSR count). The summed E-state index contributed by atoms with van der Waals surface area (Å²) in [6.07, 6.45) is 5.32. The van der Waals surface area contributed by atoms with Crippen molar-refractivity contribution in [2.24, 2.45) is 0 Å². The van der Waals surface area contributed by atoms with Crippen molar-refractivity contribution in [3.63, 3.8) is 0 Å². The second-order valence-corrected chi connectivity index (χ2v) is 6.70. The zero-order chi connectivity index (χ0) is 18.1. The average molecular weight is 408 g/mol. The predicted molar refractivity (Wildman–Crippen MR) is 103 cm³/mol. The van der Waals surface area contributed by atoms with E-state index in [4.69, 9.17) is 0 Å². The summed E-state index contributed by atoms with van der Waals surface area (Å²) in [7, 11) is 0. The molecule has 3 aromatic heterocycles. The molecular weight excluding hydrogens is 394 g/mol. The lowest BCUT2D eigenvalue weighted by Crippen LogP contribution is -2.16. The van der Waals surface area contributed by atoms with Gasteiger partial charge in [0.1, 0.15) is 11.5 Å². The van der Waals surface area contributed by atoms with Crippen LogP contribution in [-0.4, -0.2) is 25.3 Å². The van der Waals surface area contributed by atoms with Crippen molar-refractivity contribution in [1.29, 1.82) is 0 Å². The maximum atomic E-state index is 12.5. The van der Waals surface area contributed by atoms with Crippen molar-refractivity contribution in [3.05, 3.63) is 76.8 Å². The Morgan fingerprint density at radius 3 is 2.73 bits per heavy atom. The van der Waals surface area contributed by atoms with Gasteiger partial charge in [-0.25, -0.2) is 9.97 Å². The number of aromatic nitrogens is 4. The van der Waals surface area contributed by atoms with Gasteiger partial charge in [0, 0.05) is 28.6 Å². The fourth-order valence-corrected chi connectivity index (χ4v) is 3.09. The van der Waals surface area contributed by atoms with Crippen LogP contribution < -0.4 is 5.32 Å². The SMILES string of the molecule is Cc1cc(Br)cnc1C(=O)Nc1ccn2cc(-c3ccccc3)nc2n1. The number of fused-ring (bicyclic) bond motifs is 1. The maximum absolute atomic E-state index is 12.5. The van der Waals surface area contributed by atoms with Gasteiger partial charge in [-0.2, -0.15) is 4.98 Å². The van der Waals surface area contributed by atoms with Crippen molar-refractivity contribution in [2.45, 2.75) is 6.92 Å². The highest BCUT2D eigenvalue weighted by Crippen LogP contribution is 2.19. The Morgan fingerprint density at radius 1 is 1.15 bits per heavy atom. The van der Waals surface area contributed by atoms with Crippen LogP contribution in [0.25, 0.3) is 17.0 Å². The van der Waals surface area contributed by atoms with Gasteiger partial charge in [-0.05, 0) is 40.5 Å². The smallest absolute Gasteiger partial charge is 0.275 e. The van der Waals surface area contributed by atoms with Crippen LogP contribution in [0.1, 0.15) is 16.1 Å². The van der Waals surface area contributed by atoms with E-state index >= 15 is 0 Å². The summed E-state index contributed by atoms with van der Waals surface area (Å²) < 4.78 is 2.65. The Hall–Kier alpha value is -3.06. The van der Waals surface area contributed by atoms with Crippen molar-refractivity contribution in [1.82, 2.24) is 19.4 Å². The first-order valence-electron chi connectivity index (χ1n) is 7.95. The second kappa shape index (κ2) is 6.68. The van der Waals surface area contributed by atoms with E-state index in [1.165, 1.54) is 0 Å². The summed E-state index contributed by atoms with van der Waals surface area (Å²) in [5, 5.41) is 2.78. The average Bonchev–Trinajstić information content (AvgIpc) is 3.05. The largest absolute Gasteiger partial charge is 0.305 e. The summed E-state index contributed by atoms with van der Waals surface area (Å²) in [5.74, 6) is 0.639. The number of benzene rings is 1. The number of carbonyl (C=O) groups is 1. The molecule has 0 bridgehead atoms. The normalized spacial score (nSPS) is 10.8. The highest BCUT2D eigenvalue weighted by molar-refractivity contribution is 9.10. The van der Waals surface area contributed by atoms with Gasteiger partial charge >= 0.3 is 0 Å². The minimum Gasteiger partial charge on any atom is -0.305 e. The van der Waals surface area contributed by atoms with Crippen LogP contribution in [0.15, 0.2) is 65.5 Å². The Balaban J connectivity index is 1.62. The molecule has 0 saturated heterocycles. The molecule has 1 aromatic carbocycles. The van der Waals surface area contributed by atoms with Gasteiger partial charge in [0.05, 0.1) is 5.69 Å². The van der Waals surface area contributed by atoms with E-state index in [-0.39, 0.29) is 5.91 Å². The fraction of sp³-hybridized carbons (Fsp3) is 0.0526. The van der Waals surface area contributed by atoms with Crippen molar-refractivity contribution < 1.29 is 4.79 Å². The molecule has 0 atom stereocenters. The van der Waals surface area contributed by atoms with Crippen LogP contribution in [0.2, 0.25) is 0 Å². The predicted octanol–water partition coefficient (Wildman–Crippen LogP) is 4.11. The molecular formula is C19H14BrN5O. The molecule has 7 heteroatoms. The summed E-state index contributed by atoms with van der Waals surface area (Å²) in [6, 6.07) is 13.5. The molecule has 0 spiro atoms. The Morgan fingerprint density at radius 2 is 1.96 bits per heavy atom. The first kappa shape index (κ1) is 16.4. The third-order valence-corrected chi connectivity index (χ3v) is 4.33. The molecule has 0 aliphatic carbocycles. The summed E-state index contributed by atoms with van der Waals surface area (Å²) >= 11 is 3.34. The third-order valence-electron chi connectivity index (χ3n) is 3.90. The Labute approximate surface area is 158 Å². The molecule has 26 heavy (non-hydrogen) atoms. The zero-order valence-electron chi connectivity index (χ0n) is 13.8. The first-order chi connectivity index (χ1) is 12.6. The molecule has 0 unspecified atom stereocenters. The van der Waals surface area contributed by atoms with E-state index < -0.39 is 0 Å². The molecule has 0 aliphatic rings. The quantitative estimate of drug-likeness (QED) is 0.554. The van der Waals surface area contributed by atoms with E-state index in [1.807, 2.05) is 60.1 Å². The molecule has 1 amide bonds. The van der Waals surface area contributed by atoms with E-state index in [9.17, 15) is 4.79 Å². The number of halogens is 1. The molecule has 3 heterocycles. The maximum Gasteiger partial charge on any atom is 0.275 e. The highest BCUT2D eigenvalue weighted by atomic mass is 79.9. The number of carbonyl (C=O) groups excluding carboxylic acids is 1. The summed E-state index contributed by atoms with van der Waals surface area (Å²) in [5.41, 5.74) is 2.98. The number of pyridine rings is 1. The minimum absolute atomic E-state index is 0.304. The number of imidazole rings is 1. The number of amides is 1. The monoisotopic (exact) mass is 407 g/mol. The third kappa shape index (κ3) is 3.21. The number of anilines is 1. The van der Waals surface area contributed by atoms with Gasteiger partial charge in [-0.15, -0.1) is 0 Å². The lowest BCUT2D eigenvalue weighted by Gasteiger charge is -2.06. The van der Waals surface area contributed by atoms with Gasteiger partial charge < -0.3 is 5.32 Å². The van der Waals surface area contributed by atoms with Gasteiger partial charge in [0.15, 0.2) is 0 Å². The molecule has 128 valence electrons. The molecule has 6 nitrogen and oxygen atoms in total. The zero-order valence-corrected chi connectivity index (χ0v) is 15.4. The number of rotatable bonds is 3. The molecule has 0 aliphatic heterocycles. The molecule has 0 radical (unpaired) electrons. The summed E-state index contributed by atoms with van der Waals surface area (Å²) in [4.78, 5) is 25.6. The van der Waals surface area contributed by atoms with E-state index in [1.54, 1.807) is 12.3 Å². The van der Waals surface area contributed by atoms with Gasteiger partial charge in [-0.1, -0.05) is 30.3 Å². The Bertz CT molecular complexity index is 1110. The lowest BCUT2D eigenvalue weighted by molar-refractivity contribution is 0.102. The van der Waals surface area contributed by atoms with Gasteiger partial charge in [0.25, 0.3) is 5.91 Å². The van der Waals surface area contributed by atoms with Crippen molar-refractivity contribution >= 4 is 33.4 Å².